The summed E-state index contributed by atoms with van der Waals surface area (Å²) in [5.74, 6) is 1.42. The quantitative estimate of drug-likeness (QED) is 0.369. The van der Waals surface area contributed by atoms with Gasteiger partial charge in [-0.15, -0.1) is 5.10 Å². The fourth-order valence-corrected chi connectivity index (χ4v) is 1.32. The summed E-state index contributed by atoms with van der Waals surface area (Å²) in [5.41, 5.74) is 11.5. The van der Waals surface area contributed by atoms with Crippen molar-refractivity contribution in [3.63, 3.8) is 0 Å². The molecule has 4 heteroatoms. The second kappa shape index (κ2) is 3.56. The minimum Gasteiger partial charge on any atom is -0.369 e. The molecule has 0 aromatic rings. The van der Waals surface area contributed by atoms with Gasteiger partial charge in [-0.3, -0.25) is 0 Å². The molecule has 1 aliphatic carbocycles. The third-order valence-electron chi connectivity index (χ3n) is 2.19. The summed E-state index contributed by atoms with van der Waals surface area (Å²) in [6.45, 7) is 4.29. The van der Waals surface area contributed by atoms with Gasteiger partial charge in [0.1, 0.15) is 0 Å². The van der Waals surface area contributed by atoms with E-state index in [1.165, 1.54) is 6.42 Å². The number of hydrogen-bond acceptors (Lipinski definition) is 2. The van der Waals surface area contributed by atoms with Crippen molar-refractivity contribution < 1.29 is 0 Å². The zero-order chi connectivity index (χ0) is 9.14. The SMILES string of the molecule is CC/C(=N\N=C(N)N)C1CC1C. The van der Waals surface area contributed by atoms with Crippen molar-refractivity contribution in [2.45, 2.75) is 26.7 Å². The van der Waals surface area contributed by atoms with Gasteiger partial charge in [0.25, 0.3) is 0 Å². The van der Waals surface area contributed by atoms with E-state index in [1.807, 2.05) is 0 Å². The molecule has 4 N–H and O–H groups in total. The van der Waals surface area contributed by atoms with Crippen molar-refractivity contribution in [1.29, 1.82) is 0 Å². The molecule has 0 aromatic heterocycles. The summed E-state index contributed by atoms with van der Waals surface area (Å²) in [7, 11) is 0. The normalized spacial score (nSPS) is 28.3. The van der Waals surface area contributed by atoms with Crippen molar-refractivity contribution in [3.8, 4) is 0 Å². The van der Waals surface area contributed by atoms with Crippen molar-refractivity contribution >= 4 is 11.7 Å². The predicted octanol–water partition coefficient (Wildman–Crippen LogP) is 0.682. The molecule has 0 radical (unpaired) electrons. The number of nitrogens with zero attached hydrogens (tertiary/aromatic N) is 2. The van der Waals surface area contributed by atoms with Crippen LogP contribution in [0, 0.1) is 11.8 Å². The van der Waals surface area contributed by atoms with E-state index in [0.717, 1.165) is 18.1 Å². The molecule has 1 saturated carbocycles. The van der Waals surface area contributed by atoms with Gasteiger partial charge >= 0.3 is 0 Å². The van der Waals surface area contributed by atoms with E-state index >= 15 is 0 Å². The molecular formula is C8H16N4. The highest BCUT2D eigenvalue weighted by Gasteiger charge is 2.36. The van der Waals surface area contributed by atoms with Gasteiger partial charge in [0.2, 0.25) is 5.96 Å². The summed E-state index contributed by atoms with van der Waals surface area (Å²) in [6, 6.07) is 0. The lowest BCUT2D eigenvalue weighted by atomic mass is 10.2. The fraction of sp³-hybridized carbons (Fsp3) is 0.750. The Balaban J connectivity index is 2.56. The number of guanidine groups is 1. The van der Waals surface area contributed by atoms with Gasteiger partial charge in [0, 0.05) is 11.6 Å². The highest BCUT2D eigenvalue weighted by molar-refractivity contribution is 5.89. The maximum atomic E-state index is 5.17. The van der Waals surface area contributed by atoms with E-state index in [4.69, 9.17) is 11.5 Å². The third kappa shape index (κ3) is 2.22. The minimum atomic E-state index is 0.0363. The van der Waals surface area contributed by atoms with Crippen molar-refractivity contribution in [3.05, 3.63) is 0 Å². The largest absolute Gasteiger partial charge is 0.369 e. The first-order valence-corrected chi connectivity index (χ1v) is 4.30. The lowest BCUT2D eigenvalue weighted by Crippen LogP contribution is -2.22. The van der Waals surface area contributed by atoms with E-state index in [-0.39, 0.29) is 5.96 Å². The zero-order valence-electron chi connectivity index (χ0n) is 7.62. The average molecular weight is 168 g/mol. The summed E-state index contributed by atoms with van der Waals surface area (Å²) < 4.78 is 0. The van der Waals surface area contributed by atoms with Gasteiger partial charge in [-0.25, -0.2) is 0 Å². The number of hydrogen-bond donors (Lipinski definition) is 2. The molecule has 0 spiro atoms. The molecule has 68 valence electrons. The first-order valence-electron chi connectivity index (χ1n) is 4.30. The maximum absolute atomic E-state index is 5.17. The second-order valence-electron chi connectivity index (χ2n) is 3.29. The molecule has 1 aliphatic rings. The molecule has 1 rings (SSSR count). The number of rotatable bonds is 3. The van der Waals surface area contributed by atoms with Gasteiger partial charge in [0.15, 0.2) is 0 Å². The molecule has 2 unspecified atom stereocenters. The molecule has 1 fully saturated rings. The summed E-state index contributed by atoms with van der Waals surface area (Å²) in [4.78, 5) is 0. The Morgan fingerprint density at radius 2 is 2.00 bits per heavy atom. The lowest BCUT2D eigenvalue weighted by molar-refractivity contribution is 0.902. The zero-order valence-corrected chi connectivity index (χ0v) is 7.62. The van der Waals surface area contributed by atoms with Gasteiger partial charge in [-0.1, -0.05) is 13.8 Å². The lowest BCUT2D eigenvalue weighted by Gasteiger charge is -1.97. The molecule has 0 saturated heterocycles. The Kier molecular flexibility index (Phi) is 2.68. The first kappa shape index (κ1) is 9.03. The van der Waals surface area contributed by atoms with E-state index < -0.39 is 0 Å². The van der Waals surface area contributed by atoms with Crippen molar-refractivity contribution in [2.24, 2.45) is 33.5 Å². The Labute approximate surface area is 72.7 Å². The van der Waals surface area contributed by atoms with Gasteiger partial charge < -0.3 is 11.5 Å². The van der Waals surface area contributed by atoms with Crippen LogP contribution in [0.3, 0.4) is 0 Å². The summed E-state index contributed by atoms with van der Waals surface area (Å²) >= 11 is 0. The van der Waals surface area contributed by atoms with Crippen LogP contribution in [0.15, 0.2) is 10.2 Å². The molecule has 0 aromatic carbocycles. The van der Waals surface area contributed by atoms with Crippen LogP contribution in [0.1, 0.15) is 26.7 Å². The van der Waals surface area contributed by atoms with Gasteiger partial charge in [-0.05, 0) is 18.8 Å². The van der Waals surface area contributed by atoms with Crippen LogP contribution < -0.4 is 11.5 Å². The molecule has 4 nitrogen and oxygen atoms in total. The van der Waals surface area contributed by atoms with Crippen LogP contribution in [0.5, 0.6) is 0 Å². The molecule has 0 heterocycles. The topological polar surface area (TPSA) is 76.8 Å². The fourth-order valence-electron chi connectivity index (χ4n) is 1.32. The van der Waals surface area contributed by atoms with Crippen LogP contribution in [0.25, 0.3) is 0 Å². The highest BCUT2D eigenvalue weighted by Crippen LogP contribution is 2.39. The minimum absolute atomic E-state index is 0.0363. The Bertz CT molecular complexity index is 215. The van der Waals surface area contributed by atoms with Crippen LogP contribution in [-0.4, -0.2) is 11.7 Å². The Morgan fingerprint density at radius 1 is 1.42 bits per heavy atom. The highest BCUT2D eigenvalue weighted by atomic mass is 15.3. The Morgan fingerprint density at radius 3 is 2.33 bits per heavy atom. The number of nitrogens with two attached hydrogens (primary N) is 2. The maximum Gasteiger partial charge on any atom is 0.211 e. The standard InChI is InChI=1S/C8H16N4/c1-3-7(6-4-5(6)2)11-12-8(9)10/h5-6H,3-4H2,1-2H3,(H4,9,10,12)/b11-7+. The van der Waals surface area contributed by atoms with E-state index in [2.05, 4.69) is 24.1 Å². The molecule has 0 bridgehead atoms. The average Bonchev–Trinajstić information content (AvgIpc) is 2.68. The van der Waals surface area contributed by atoms with Crippen LogP contribution in [-0.2, 0) is 0 Å². The van der Waals surface area contributed by atoms with E-state index in [9.17, 15) is 0 Å². The summed E-state index contributed by atoms with van der Waals surface area (Å²) in [6.07, 6.45) is 2.17. The van der Waals surface area contributed by atoms with E-state index in [0.29, 0.717) is 5.92 Å². The van der Waals surface area contributed by atoms with Crippen molar-refractivity contribution in [1.82, 2.24) is 0 Å². The molecule has 0 aliphatic heterocycles. The predicted molar refractivity (Wildman–Crippen MR) is 50.8 cm³/mol. The van der Waals surface area contributed by atoms with Crippen LogP contribution in [0.4, 0.5) is 0 Å². The van der Waals surface area contributed by atoms with Crippen molar-refractivity contribution in [2.75, 3.05) is 0 Å². The van der Waals surface area contributed by atoms with Crippen LogP contribution >= 0.6 is 0 Å². The molecule has 12 heavy (non-hydrogen) atoms. The van der Waals surface area contributed by atoms with Crippen LogP contribution in [0.2, 0.25) is 0 Å². The van der Waals surface area contributed by atoms with Gasteiger partial charge in [0.05, 0.1) is 0 Å². The van der Waals surface area contributed by atoms with E-state index in [1.54, 1.807) is 0 Å². The third-order valence-corrected chi connectivity index (χ3v) is 2.19. The Hall–Kier alpha value is -1.06. The smallest absolute Gasteiger partial charge is 0.211 e. The molecular weight excluding hydrogens is 152 g/mol. The molecule has 0 amide bonds. The van der Waals surface area contributed by atoms with Gasteiger partial charge in [-0.2, -0.15) is 5.10 Å². The molecule has 2 atom stereocenters. The second-order valence-corrected chi connectivity index (χ2v) is 3.29. The monoisotopic (exact) mass is 168 g/mol. The summed E-state index contributed by atoms with van der Waals surface area (Å²) in [5, 5.41) is 7.66. The first-order chi connectivity index (χ1) is 5.65.